The molecule has 2 bridgehead atoms. The molecule has 2 amide bonds. The van der Waals surface area contributed by atoms with E-state index in [-0.39, 0.29) is 17.9 Å². The van der Waals surface area contributed by atoms with Gasteiger partial charge in [-0.25, -0.2) is 0 Å². The van der Waals surface area contributed by atoms with Crippen LogP contribution in [-0.4, -0.2) is 47.2 Å². The topological polar surface area (TPSA) is 75.9 Å². The van der Waals surface area contributed by atoms with E-state index < -0.39 is 17.4 Å². The van der Waals surface area contributed by atoms with Gasteiger partial charge in [0.05, 0.1) is 37.2 Å². The lowest BCUT2D eigenvalue weighted by atomic mass is 9.76. The molecule has 1 aromatic heterocycles. The number of nitrogens with zero attached hydrogens (tertiary/aromatic N) is 3. The molecule has 4 heterocycles. The van der Waals surface area contributed by atoms with Crippen LogP contribution in [0.4, 0.5) is 5.69 Å². The fourth-order valence-electron chi connectivity index (χ4n) is 4.78. The molecule has 0 saturated carbocycles. The summed E-state index contributed by atoms with van der Waals surface area (Å²) in [6.07, 6.45) is 5.09. The summed E-state index contributed by atoms with van der Waals surface area (Å²) in [5.74, 6) is -0.602. The fraction of sp³-hybridized carbons (Fsp3) is 0.409. The van der Waals surface area contributed by atoms with Crippen LogP contribution in [-0.2, 0) is 20.9 Å². The number of hydrogen-bond acceptors (Lipinski definition) is 5. The van der Waals surface area contributed by atoms with Crippen molar-refractivity contribution in [2.45, 2.75) is 32.1 Å². The zero-order valence-electron chi connectivity index (χ0n) is 16.7. The summed E-state index contributed by atoms with van der Waals surface area (Å²) in [5, 5.41) is 3.68. The lowest BCUT2D eigenvalue weighted by molar-refractivity contribution is -0.139. The molecule has 3 aliphatic heterocycles. The maximum absolute atomic E-state index is 13.4. The monoisotopic (exact) mass is 393 g/mol. The van der Waals surface area contributed by atoms with E-state index in [2.05, 4.69) is 5.16 Å². The van der Waals surface area contributed by atoms with Crippen LogP contribution in [0.1, 0.15) is 16.9 Å². The van der Waals surface area contributed by atoms with Gasteiger partial charge in [0, 0.05) is 18.8 Å². The molecule has 29 heavy (non-hydrogen) atoms. The highest BCUT2D eigenvalue weighted by molar-refractivity contribution is 6.03. The van der Waals surface area contributed by atoms with E-state index in [4.69, 9.17) is 9.26 Å². The second kappa shape index (κ2) is 6.29. The number of rotatable bonds is 4. The first-order chi connectivity index (χ1) is 13.9. The number of aromatic nitrogens is 1. The van der Waals surface area contributed by atoms with Crippen molar-refractivity contribution in [1.29, 1.82) is 0 Å². The van der Waals surface area contributed by atoms with E-state index in [1.165, 1.54) is 5.56 Å². The minimum absolute atomic E-state index is 0.0495. The molecule has 0 N–H and O–H groups in total. The summed E-state index contributed by atoms with van der Waals surface area (Å²) in [5.41, 5.74) is 2.43. The lowest BCUT2D eigenvalue weighted by Gasteiger charge is -2.27. The third-order valence-corrected chi connectivity index (χ3v) is 6.45. The molecule has 0 aliphatic carbocycles. The first kappa shape index (κ1) is 18.1. The maximum atomic E-state index is 13.4. The molecule has 2 unspecified atom stereocenters. The second-order valence-electron chi connectivity index (χ2n) is 8.27. The highest BCUT2D eigenvalue weighted by Crippen LogP contribution is 2.53. The van der Waals surface area contributed by atoms with Crippen LogP contribution >= 0.6 is 0 Å². The van der Waals surface area contributed by atoms with Crippen molar-refractivity contribution in [2.75, 3.05) is 18.5 Å². The molecule has 1 spiro atoms. The first-order valence-electron chi connectivity index (χ1n) is 9.80. The van der Waals surface area contributed by atoms with Gasteiger partial charge in [-0.15, -0.1) is 0 Å². The van der Waals surface area contributed by atoms with Crippen LogP contribution in [0.15, 0.2) is 47.1 Å². The molecule has 5 rings (SSSR count). The molecule has 2 saturated heterocycles. The number of hydrogen-bond donors (Lipinski definition) is 0. The van der Waals surface area contributed by atoms with Crippen LogP contribution < -0.4 is 4.90 Å². The Morgan fingerprint density at radius 2 is 2.14 bits per heavy atom. The summed E-state index contributed by atoms with van der Waals surface area (Å²) in [6.45, 7) is 4.82. The molecule has 2 aromatic rings. The van der Waals surface area contributed by atoms with Gasteiger partial charge in [-0.05, 0) is 37.1 Å². The zero-order chi connectivity index (χ0) is 20.3. The molecular formula is C22H23N3O4. The standard InChI is InChI=1S/C22H23N3O4/c1-13-4-5-15(10-14(13)2)25-12-22-8-6-17(28-22)18(19(22)21(25)27)20(26)24(3)11-16-7-9-23-29-16/h4-10,17-19H,11-12H2,1-3H3/t17-,18?,19?,22-/m0/s1. The van der Waals surface area contributed by atoms with Crippen molar-refractivity contribution < 1.29 is 18.8 Å². The number of ether oxygens (including phenoxy) is 1. The zero-order valence-corrected chi connectivity index (χ0v) is 16.7. The van der Waals surface area contributed by atoms with Gasteiger partial charge >= 0.3 is 0 Å². The average Bonchev–Trinajstić information content (AvgIpc) is 3.46. The van der Waals surface area contributed by atoms with Crippen molar-refractivity contribution in [3.63, 3.8) is 0 Å². The molecule has 3 aliphatic rings. The molecule has 150 valence electrons. The minimum Gasteiger partial charge on any atom is -0.360 e. The Kier molecular flexibility index (Phi) is 3.93. The van der Waals surface area contributed by atoms with Crippen LogP contribution in [0.3, 0.4) is 0 Å². The van der Waals surface area contributed by atoms with Gasteiger partial charge < -0.3 is 19.1 Å². The second-order valence-corrected chi connectivity index (χ2v) is 8.27. The van der Waals surface area contributed by atoms with E-state index in [1.54, 1.807) is 29.1 Å². The Bertz CT molecular complexity index is 1020. The smallest absolute Gasteiger partial charge is 0.234 e. The summed E-state index contributed by atoms with van der Waals surface area (Å²) in [7, 11) is 1.72. The van der Waals surface area contributed by atoms with Crippen molar-refractivity contribution in [2.24, 2.45) is 11.8 Å². The Morgan fingerprint density at radius 3 is 2.86 bits per heavy atom. The Morgan fingerprint density at radius 1 is 1.31 bits per heavy atom. The van der Waals surface area contributed by atoms with Crippen LogP contribution in [0, 0.1) is 25.7 Å². The summed E-state index contributed by atoms with van der Waals surface area (Å²) < 4.78 is 11.3. The van der Waals surface area contributed by atoms with E-state index in [9.17, 15) is 9.59 Å². The van der Waals surface area contributed by atoms with Gasteiger partial charge in [0.15, 0.2) is 5.76 Å². The molecule has 0 radical (unpaired) electrons. The molecule has 4 atom stereocenters. The Hall–Kier alpha value is -2.93. The number of amides is 2. The molecule has 1 aromatic carbocycles. The normalized spacial score (nSPS) is 29.6. The SMILES string of the molecule is Cc1ccc(N2C[C@]34C=C[C@H](O3)C(C(=O)N(C)Cc3ccno3)C4C2=O)cc1C. The third kappa shape index (κ3) is 2.64. The molecular weight excluding hydrogens is 370 g/mol. The van der Waals surface area contributed by atoms with Crippen molar-refractivity contribution in [3.8, 4) is 0 Å². The van der Waals surface area contributed by atoms with Gasteiger partial charge in [-0.3, -0.25) is 9.59 Å². The van der Waals surface area contributed by atoms with E-state index in [0.717, 1.165) is 11.3 Å². The maximum Gasteiger partial charge on any atom is 0.234 e. The van der Waals surface area contributed by atoms with Gasteiger partial charge in [0.2, 0.25) is 11.8 Å². The van der Waals surface area contributed by atoms with Gasteiger partial charge in [-0.2, -0.15) is 0 Å². The van der Waals surface area contributed by atoms with Crippen molar-refractivity contribution >= 4 is 17.5 Å². The van der Waals surface area contributed by atoms with Gasteiger partial charge in [0.1, 0.15) is 5.60 Å². The minimum atomic E-state index is -0.728. The molecule has 7 nitrogen and oxygen atoms in total. The Balaban J connectivity index is 1.43. The number of benzene rings is 1. The van der Waals surface area contributed by atoms with Crippen LogP contribution in [0.25, 0.3) is 0 Å². The highest BCUT2D eigenvalue weighted by atomic mass is 16.5. The Labute approximate surface area is 168 Å². The predicted molar refractivity (Wildman–Crippen MR) is 105 cm³/mol. The van der Waals surface area contributed by atoms with E-state index in [0.29, 0.717) is 18.8 Å². The fourth-order valence-corrected chi connectivity index (χ4v) is 4.78. The largest absolute Gasteiger partial charge is 0.360 e. The third-order valence-electron chi connectivity index (χ3n) is 6.45. The first-order valence-corrected chi connectivity index (χ1v) is 9.80. The van der Waals surface area contributed by atoms with Crippen LogP contribution in [0.2, 0.25) is 0 Å². The number of aryl methyl sites for hydroxylation is 2. The number of fused-ring (bicyclic) bond motifs is 1. The molecule has 7 heteroatoms. The van der Waals surface area contributed by atoms with Crippen molar-refractivity contribution in [3.05, 3.63) is 59.5 Å². The summed E-state index contributed by atoms with van der Waals surface area (Å²) >= 11 is 0. The van der Waals surface area contributed by atoms with Gasteiger partial charge in [0.25, 0.3) is 0 Å². The average molecular weight is 393 g/mol. The highest BCUT2D eigenvalue weighted by Gasteiger charge is 2.67. The van der Waals surface area contributed by atoms with E-state index >= 15 is 0 Å². The lowest BCUT2D eigenvalue weighted by Crippen LogP contribution is -2.44. The van der Waals surface area contributed by atoms with Crippen molar-refractivity contribution in [1.82, 2.24) is 10.1 Å². The quantitative estimate of drug-likeness (QED) is 0.745. The number of anilines is 1. The molecule has 2 fully saturated rings. The summed E-state index contributed by atoms with van der Waals surface area (Å²) in [4.78, 5) is 30.1. The number of carbonyl (C=O) groups excluding carboxylic acids is 2. The van der Waals surface area contributed by atoms with E-state index in [1.807, 2.05) is 44.2 Å². The van der Waals surface area contributed by atoms with Crippen LogP contribution in [0.5, 0.6) is 0 Å². The summed E-state index contributed by atoms with van der Waals surface area (Å²) in [6, 6.07) is 7.73. The number of carbonyl (C=O) groups is 2. The van der Waals surface area contributed by atoms with Gasteiger partial charge in [-0.1, -0.05) is 23.4 Å². The predicted octanol–water partition coefficient (Wildman–Crippen LogP) is 2.24.